The molecule has 3 fully saturated rings. The Labute approximate surface area is 171 Å². The van der Waals surface area contributed by atoms with Gasteiger partial charge in [-0.3, -0.25) is 9.69 Å². The van der Waals surface area contributed by atoms with E-state index in [0.29, 0.717) is 19.5 Å². The molecule has 6 nitrogen and oxygen atoms in total. The first-order chi connectivity index (χ1) is 13.8. The van der Waals surface area contributed by atoms with Crippen LogP contribution in [0.4, 0.5) is 0 Å². The van der Waals surface area contributed by atoms with E-state index in [0.717, 1.165) is 25.7 Å². The van der Waals surface area contributed by atoms with E-state index in [9.17, 15) is 20.1 Å². The zero-order valence-electron chi connectivity index (χ0n) is 17.2. The first-order valence-corrected chi connectivity index (χ1v) is 11.1. The fraction of sp³-hybridized carbons (Fsp3) is 0.783. The van der Waals surface area contributed by atoms with E-state index in [1.54, 1.807) is 6.08 Å². The van der Waals surface area contributed by atoms with Gasteiger partial charge >= 0.3 is 5.97 Å². The van der Waals surface area contributed by atoms with Crippen molar-refractivity contribution in [3.63, 3.8) is 0 Å². The highest BCUT2D eigenvalue weighted by Gasteiger charge is 2.84. The number of allylic oxidation sites excluding steroid dienone is 1. The number of ether oxygens (including phenoxy) is 1. The lowest BCUT2D eigenvalue weighted by atomic mass is 9.43. The number of aliphatic hydroxyl groups is 3. The Balaban J connectivity index is 1.71. The molecule has 1 saturated carbocycles. The van der Waals surface area contributed by atoms with Gasteiger partial charge in [0.2, 0.25) is 0 Å². The fourth-order valence-corrected chi connectivity index (χ4v) is 8.87. The first kappa shape index (κ1) is 18.6. The molecule has 8 atom stereocenters. The van der Waals surface area contributed by atoms with Crippen LogP contribution in [0.25, 0.3) is 0 Å². The number of aliphatic hydroxyl groups excluding tert-OH is 1. The molecule has 0 amide bonds. The van der Waals surface area contributed by atoms with Crippen molar-refractivity contribution in [3.05, 3.63) is 23.3 Å². The lowest BCUT2D eigenvalue weighted by Crippen LogP contribution is -2.79. The van der Waals surface area contributed by atoms with E-state index >= 15 is 0 Å². The van der Waals surface area contributed by atoms with E-state index in [1.165, 1.54) is 18.3 Å². The van der Waals surface area contributed by atoms with Gasteiger partial charge in [-0.1, -0.05) is 30.2 Å². The molecule has 0 radical (unpaired) electrons. The van der Waals surface area contributed by atoms with Gasteiger partial charge in [-0.15, -0.1) is 0 Å². The highest BCUT2D eigenvalue weighted by atomic mass is 16.5. The minimum absolute atomic E-state index is 0.0396. The summed E-state index contributed by atoms with van der Waals surface area (Å²) < 4.78 is 5.19. The second-order valence-electron chi connectivity index (χ2n) is 10.5. The summed E-state index contributed by atoms with van der Waals surface area (Å²) in [6.07, 6.45) is 8.03. The maximum atomic E-state index is 12.8. The average molecular weight is 402 g/mol. The number of carbonyl (C=O) groups excluding carboxylic acids is 1. The molecule has 0 unspecified atom stereocenters. The van der Waals surface area contributed by atoms with Gasteiger partial charge in [-0.05, 0) is 43.9 Å². The molecule has 6 rings (SSSR count). The van der Waals surface area contributed by atoms with Crippen molar-refractivity contribution in [1.29, 1.82) is 0 Å². The maximum Gasteiger partial charge on any atom is 0.309 e. The molecule has 4 bridgehead atoms. The second-order valence-corrected chi connectivity index (χ2v) is 10.5. The predicted octanol–water partition coefficient (Wildman–Crippen LogP) is 1.22. The number of carbonyl (C=O) groups is 1. The number of rotatable bonds is 2. The standard InChI is InChI=1S/C23H31NO5/c1-13-10-24-11-15-5-3-14-4-6-16-17(19(26)29-2)9-21(18(14)16)20(15,12-25)7-8-22(13,27)23(21,24)28/h7-8,13,15-17,25,27-28H,3-6,9-12H2,1-2H3/t13-,15-,16-,17-,20-,21-,22+,23+/m1/s1. The fourth-order valence-electron chi connectivity index (χ4n) is 8.87. The van der Waals surface area contributed by atoms with Crippen molar-refractivity contribution in [2.45, 2.75) is 50.4 Å². The summed E-state index contributed by atoms with van der Waals surface area (Å²) in [7, 11) is 1.43. The monoisotopic (exact) mass is 401 g/mol. The topological polar surface area (TPSA) is 90.2 Å². The summed E-state index contributed by atoms with van der Waals surface area (Å²) in [5.41, 5.74) is -1.88. The van der Waals surface area contributed by atoms with Crippen molar-refractivity contribution in [2.75, 3.05) is 26.8 Å². The van der Waals surface area contributed by atoms with Crippen LogP contribution < -0.4 is 0 Å². The number of methoxy groups -OCH3 is 1. The third-order valence-corrected chi connectivity index (χ3v) is 10.00. The SMILES string of the molecule is COC(=O)[C@@H]1C[C@@]23C4=C(CC[C@@H]5CN6C[C@@H](C)[C@@](O)(C=C[C@@]52CO)[C@]63O)CC[C@@H]41. The lowest BCUT2D eigenvalue weighted by molar-refractivity contribution is -0.308. The minimum Gasteiger partial charge on any atom is -0.469 e. The minimum atomic E-state index is -1.51. The number of piperidine rings is 1. The van der Waals surface area contributed by atoms with Crippen LogP contribution >= 0.6 is 0 Å². The third kappa shape index (κ3) is 1.62. The molecule has 4 aliphatic carbocycles. The lowest BCUT2D eigenvalue weighted by Gasteiger charge is -2.68. The molecule has 2 saturated heterocycles. The largest absolute Gasteiger partial charge is 0.469 e. The quantitative estimate of drug-likeness (QED) is 0.476. The van der Waals surface area contributed by atoms with Crippen molar-refractivity contribution in [1.82, 2.24) is 4.90 Å². The number of nitrogens with zero attached hydrogens (tertiary/aromatic N) is 1. The van der Waals surface area contributed by atoms with Gasteiger partial charge in [0.05, 0.1) is 25.0 Å². The summed E-state index contributed by atoms with van der Waals surface area (Å²) in [4.78, 5) is 14.9. The van der Waals surface area contributed by atoms with Crippen molar-refractivity contribution < 1.29 is 24.9 Å². The number of hydrogen-bond donors (Lipinski definition) is 3. The Morgan fingerprint density at radius 2 is 2.00 bits per heavy atom. The van der Waals surface area contributed by atoms with Gasteiger partial charge in [0.25, 0.3) is 0 Å². The van der Waals surface area contributed by atoms with Crippen LogP contribution in [0.1, 0.15) is 39.0 Å². The molecule has 29 heavy (non-hydrogen) atoms. The van der Waals surface area contributed by atoms with Gasteiger partial charge < -0.3 is 20.1 Å². The molecule has 6 heteroatoms. The summed E-state index contributed by atoms with van der Waals surface area (Å²) in [5.74, 6) is -0.460. The van der Waals surface area contributed by atoms with Crippen molar-refractivity contribution in [3.8, 4) is 0 Å². The summed E-state index contributed by atoms with van der Waals surface area (Å²) >= 11 is 0. The van der Waals surface area contributed by atoms with E-state index in [4.69, 9.17) is 4.74 Å². The molecule has 1 spiro atoms. The van der Waals surface area contributed by atoms with E-state index in [-0.39, 0.29) is 36.2 Å². The van der Waals surface area contributed by atoms with Crippen LogP contribution in [-0.2, 0) is 9.53 Å². The Morgan fingerprint density at radius 3 is 2.72 bits per heavy atom. The Bertz CT molecular complexity index is 867. The van der Waals surface area contributed by atoms with Gasteiger partial charge in [-0.25, -0.2) is 0 Å². The summed E-state index contributed by atoms with van der Waals surface area (Å²) in [6.45, 7) is 3.21. The molecule has 2 heterocycles. The van der Waals surface area contributed by atoms with Gasteiger partial charge in [0.15, 0.2) is 5.72 Å². The molecule has 0 aromatic heterocycles. The summed E-state index contributed by atoms with van der Waals surface area (Å²) in [5, 5.41) is 35.4. The molecular formula is C23H31NO5. The Hall–Kier alpha value is -1.21. The number of hydrogen-bond acceptors (Lipinski definition) is 6. The maximum absolute atomic E-state index is 12.8. The van der Waals surface area contributed by atoms with Gasteiger partial charge in [0, 0.05) is 24.4 Å². The second kappa shape index (κ2) is 5.34. The van der Waals surface area contributed by atoms with E-state index in [1.807, 2.05) is 13.0 Å². The van der Waals surface area contributed by atoms with E-state index < -0.39 is 22.2 Å². The Kier molecular flexibility index (Phi) is 3.41. The third-order valence-electron chi connectivity index (χ3n) is 10.00. The van der Waals surface area contributed by atoms with Crippen LogP contribution in [0.15, 0.2) is 23.3 Å². The molecule has 2 aliphatic heterocycles. The average Bonchev–Trinajstić information content (AvgIpc) is 3.32. The molecule has 158 valence electrons. The van der Waals surface area contributed by atoms with Crippen LogP contribution in [0, 0.1) is 34.5 Å². The van der Waals surface area contributed by atoms with Crippen LogP contribution in [0.2, 0.25) is 0 Å². The van der Waals surface area contributed by atoms with Crippen LogP contribution in [0.3, 0.4) is 0 Å². The normalized spacial score (nSPS) is 54.5. The Morgan fingerprint density at radius 1 is 1.24 bits per heavy atom. The highest BCUT2D eigenvalue weighted by molar-refractivity contribution is 5.75. The zero-order chi connectivity index (χ0) is 20.4. The molecule has 6 aliphatic rings. The smallest absolute Gasteiger partial charge is 0.309 e. The van der Waals surface area contributed by atoms with Crippen molar-refractivity contribution >= 4 is 5.97 Å². The first-order valence-electron chi connectivity index (χ1n) is 11.1. The molecule has 3 N–H and O–H groups in total. The highest BCUT2D eigenvalue weighted by Crippen LogP contribution is 2.78. The molecule has 0 aromatic rings. The van der Waals surface area contributed by atoms with Crippen molar-refractivity contribution in [2.24, 2.45) is 34.5 Å². The predicted molar refractivity (Wildman–Crippen MR) is 104 cm³/mol. The van der Waals surface area contributed by atoms with Gasteiger partial charge in [0.1, 0.15) is 5.60 Å². The number of esters is 1. The summed E-state index contributed by atoms with van der Waals surface area (Å²) in [6, 6.07) is 0. The zero-order valence-corrected chi connectivity index (χ0v) is 17.2. The van der Waals surface area contributed by atoms with Crippen LogP contribution in [-0.4, -0.2) is 64.3 Å². The van der Waals surface area contributed by atoms with E-state index in [2.05, 4.69) is 4.90 Å². The van der Waals surface area contributed by atoms with Crippen LogP contribution in [0.5, 0.6) is 0 Å². The van der Waals surface area contributed by atoms with Gasteiger partial charge in [-0.2, -0.15) is 0 Å². The molecular weight excluding hydrogens is 370 g/mol. The molecule has 0 aromatic carbocycles.